The van der Waals surface area contributed by atoms with Crippen LogP contribution in [0.1, 0.15) is 37.6 Å². The molecule has 1 N–H and O–H groups in total. The summed E-state index contributed by atoms with van der Waals surface area (Å²) in [4.78, 5) is 4.96. The van der Waals surface area contributed by atoms with Crippen molar-refractivity contribution < 1.29 is 0 Å². The highest BCUT2D eigenvalue weighted by atomic mass is 35.5. The first kappa shape index (κ1) is 19.5. The lowest BCUT2D eigenvalue weighted by molar-refractivity contribution is 0.569. The summed E-state index contributed by atoms with van der Waals surface area (Å²) in [6, 6.07) is 16.3. The molecule has 0 atom stereocenters. The molecule has 0 amide bonds. The molecule has 0 unspecified atom stereocenters. The summed E-state index contributed by atoms with van der Waals surface area (Å²) in [6.45, 7) is 10.7. The Balaban J connectivity index is 1.93. The Hall–Kier alpha value is -2.85. The Morgan fingerprint density at radius 2 is 1.62 bits per heavy atom. The molecular weight excluding hydrogens is 380 g/mol. The van der Waals surface area contributed by atoms with Gasteiger partial charge >= 0.3 is 0 Å². The van der Waals surface area contributed by atoms with Crippen LogP contribution >= 0.6 is 11.6 Å². The van der Waals surface area contributed by atoms with Gasteiger partial charge < -0.3 is 5.32 Å². The molecule has 148 valence electrons. The zero-order valence-corrected chi connectivity index (χ0v) is 18.2. The quantitative estimate of drug-likeness (QED) is 0.412. The van der Waals surface area contributed by atoms with E-state index in [0.29, 0.717) is 5.02 Å². The highest BCUT2D eigenvalue weighted by Gasteiger charge is 2.21. The third kappa shape index (κ3) is 3.85. The van der Waals surface area contributed by atoms with E-state index >= 15 is 0 Å². The third-order valence-electron chi connectivity index (χ3n) is 4.90. The Morgan fingerprint density at radius 3 is 2.28 bits per heavy atom. The lowest BCUT2D eigenvalue weighted by atomic mass is 9.92. The second-order valence-electron chi connectivity index (χ2n) is 8.55. The molecule has 5 heteroatoms. The van der Waals surface area contributed by atoms with Crippen molar-refractivity contribution >= 4 is 28.8 Å². The van der Waals surface area contributed by atoms with E-state index in [1.807, 2.05) is 35.0 Å². The second kappa shape index (κ2) is 7.20. The fraction of sp³-hybridized carbons (Fsp3) is 0.250. The van der Waals surface area contributed by atoms with Gasteiger partial charge in [-0.1, -0.05) is 56.6 Å². The molecule has 2 heterocycles. The molecule has 0 saturated carbocycles. The minimum absolute atomic E-state index is 0.108. The molecule has 0 fully saturated rings. The zero-order valence-electron chi connectivity index (χ0n) is 17.4. The van der Waals surface area contributed by atoms with Gasteiger partial charge in [-0.2, -0.15) is 9.61 Å². The second-order valence-corrected chi connectivity index (χ2v) is 8.96. The fourth-order valence-electron chi connectivity index (χ4n) is 3.50. The summed E-state index contributed by atoms with van der Waals surface area (Å²) in [5.74, 6) is 0.878. The summed E-state index contributed by atoms with van der Waals surface area (Å²) in [5.41, 5.74) is 6.98. The van der Waals surface area contributed by atoms with Crippen LogP contribution in [0.3, 0.4) is 0 Å². The van der Waals surface area contributed by atoms with Gasteiger partial charge in [0.1, 0.15) is 5.82 Å². The van der Waals surface area contributed by atoms with E-state index in [4.69, 9.17) is 16.6 Å². The van der Waals surface area contributed by atoms with Gasteiger partial charge in [-0.25, -0.2) is 4.98 Å². The molecule has 0 aliphatic carbocycles. The number of aromatic nitrogens is 3. The predicted octanol–water partition coefficient (Wildman–Crippen LogP) is 6.71. The minimum atomic E-state index is -0.108. The van der Waals surface area contributed by atoms with Gasteiger partial charge in [-0.15, -0.1) is 0 Å². The van der Waals surface area contributed by atoms with E-state index in [9.17, 15) is 0 Å². The standard InChI is InChI=1S/C24H25ClN4/c1-15-10-16(2)12-17(11-15)27-22-13-21(24(3,4)5)28-23-19(14-26-29(22)23)18-8-6-7-9-20(18)25/h6-14,27H,1-5H3. The number of hydrogen-bond acceptors (Lipinski definition) is 3. The first-order valence-electron chi connectivity index (χ1n) is 9.72. The number of nitrogens with zero attached hydrogens (tertiary/aromatic N) is 3. The Morgan fingerprint density at radius 1 is 0.931 bits per heavy atom. The van der Waals surface area contributed by atoms with Crippen molar-refractivity contribution in [3.63, 3.8) is 0 Å². The monoisotopic (exact) mass is 404 g/mol. The van der Waals surface area contributed by atoms with Crippen LogP contribution in [0.15, 0.2) is 54.7 Å². The Labute approximate surface area is 176 Å². The van der Waals surface area contributed by atoms with Gasteiger partial charge in [0.05, 0.1) is 11.9 Å². The van der Waals surface area contributed by atoms with Crippen LogP contribution in [-0.2, 0) is 5.41 Å². The van der Waals surface area contributed by atoms with Gasteiger partial charge in [0.15, 0.2) is 5.65 Å². The highest BCUT2D eigenvalue weighted by Crippen LogP contribution is 2.33. The molecule has 29 heavy (non-hydrogen) atoms. The lowest BCUT2D eigenvalue weighted by Gasteiger charge is -2.20. The average molecular weight is 405 g/mol. The van der Waals surface area contributed by atoms with Gasteiger partial charge in [-0.3, -0.25) is 0 Å². The van der Waals surface area contributed by atoms with Crippen LogP contribution in [0.2, 0.25) is 5.02 Å². The van der Waals surface area contributed by atoms with Gasteiger partial charge in [-0.05, 0) is 43.2 Å². The van der Waals surface area contributed by atoms with Crippen molar-refractivity contribution in [1.29, 1.82) is 0 Å². The number of anilines is 2. The maximum atomic E-state index is 6.47. The summed E-state index contributed by atoms with van der Waals surface area (Å²) < 4.78 is 1.85. The maximum Gasteiger partial charge on any atom is 0.165 e. The number of fused-ring (bicyclic) bond motifs is 1. The van der Waals surface area contributed by atoms with Gasteiger partial charge in [0.2, 0.25) is 0 Å². The highest BCUT2D eigenvalue weighted by molar-refractivity contribution is 6.33. The fourth-order valence-corrected chi connectivity index (χ4v) is 3.74. The van der Waals surface area contributed by atoms with E-state index in [2.05, 4.69) is 69.3 Å². The van der Waals surface area contributed by atoms with Crippen molar-refractivity contribution in [2.24, 2.45) is 0 Å². The van der Waals surface area contributed by atoms with E-state index in [1.165, 1.54) is 11.1 Å². The van der Waals surface area contributed by atoms with E-state index < -0.39 is 0 Å². The Bertz CT molecular complexity index is 1180. The molecule has 0 bridgehead atoms. The number of aryl methyl sites for hydroxylation is 2. The SMILES string of the molecule is Cc1cc(C)cc(Nc2cc(C(C)(C)C)nc3c(-c4ccccc4Cl)cnn23)c1. The maximum absolute atomic E-state index is 6.47. The third-order valence-corrected chi connectivity index (χ3v) is 5.23. The van der Waals surface area contributed by atoms with Crippen molar-refractivity contribution in [2.45, 2.75) is 40.0 Å². The molecule has 0 aliphatic rings. The summed E-state index contributed by atoms with van der Waals surface area (Å²) >= 11 is 6.47. The summed E-state index contributed by atoms with van der Waals surface area (Å²) in [7, 11) is 0. The molecule has 4 nitrogen and oxygen atoms in total. The molecule has 0 radical (unpaired) electrons. The molecule has 2 aromatic carbocycles. The molecular formula is C24H25ClN4. The number of benzene rings is 2. The molecule has 2 aromatic heterocycles. The van der Waals surface area contributed by atoms with Crippen LogP contribution in [-0.4, -0.2) is 14.6 Å². The molecule has 4 rings (SSSR count). The smallest absolute Gasteiger partial charge is 0.165 e. The zero-order chi connectivity index (χ0) is 20.8. The average Bonchev–Trinajstić information content (AvgIpc) is 3.04. The van der Waals surface area contributed by atoms with Gasteiger partial charge in [0.25, 0.3) is 0 Å². The van der Waals surface area contributed by atoms with Crippen LogP contribution in [0.25, 0.3) is 16.8 Å². The molecule has 0 spiro atoms. The number of hydrogen-bond donors (Lipinski definition) is 1. The normalized spacial score (nSPS) is 11.8. The van der Waals surface area contributed by atoms with E-state index in [0.717, 1.165) is 34.0 Å². The topological polar surface area (TPSA) is 42.2 Å². The van der Waals surface area contributed by atoms with Crippen LogP contribution in [0, 0.1) is 13.8 Å². The largest absolute Gasteiger partial charge is 0.340 e. The van der Waals surface area contributed by atoms with Crippen molar-refractivity contribution in [2.75, 3.05) is 5.32 Å². The molecule has 0 aliphatic heterocycles. The first-order valence-corrected chi connectivity index (χ1v) is 10.1. The van der Waals surface area contributed by atoms with Crippen LogP contribution in [0.5, 0.6) is 0 Å². The first-order chi connectivity index (χ1) is 13.7. The minimum Gasteiger partial charge on any atom is -0.340 e. The van der Waals surface area contributed by atoms with Crippen molar-refractivity contribution in [1.82, 2.24) is 14.6 Å². The van der Waals surface area contributed by atoms with Crippen LogP contribution < -0.4 is 5.32 Å². The van der Waals surface area contributed by atoms with E-state index in [1.54, 1.807) is 0 Å². The Kier molecular flexibility index (Phi) is 4.83. The summed E-state index contributed by atoms with van der Waals surface area (Å²) in [6.07, 6.45) is 1.84. The molecule has 4 aromatic rings. The number of halogens is 1. The van der Waals surface area contributed by atoms with Crippen molar-refractivity contribution in [3.8, 4) is 11.1 Å². The molecule has 0 saturated heterocycles. The van der Waals surface area contributed by atoms with Crippen LogP contribution in [0.4, 0.5) is 11.5 Å². The number of nitrogens with one attached hydrogen (secondary N) is 1. The predicted molar refractivity (Wildman–Crippen MR) is 121 cm³/mol. The number of rotatable bonds is 3. The summed E-state index contributed by atoms with van der Waals surface area (Å²) in [5, 5.41) is 8.87. The van der Waals surface area contributed by atoms with Crippen molar-refractivity contribution in [3.05, 3.63) is 76.6 Å². The van der Waals surface area contributed by atoms with Gasteiger partial charge in [0, 0.05) is 33.3 Å². The lowest BCUT2D eigenvalue weighted by Crippen LogP contribution is -2.16. The van der Waals surface area contributed by atoms with E-state index in [-0.39, 0.29) is 5.41 Å².